The van der Waals surface area contributed by atoms with E-state index in [4.69, 9.17) is 0 Å². The van der Waals surface area contributed by atoms with Crippen LogP contribution in [0.4, 0.5) is 0 Å². The largest absolute Gasteiger partial charge is 0.310 e. The van der Waals surface area contributed by atoms with Gasteiger partial charge >= 0.3 is 0 Å². The van der Waals surface area contributed by atoms with Crippen molar-refractivity contribution in [1.29, 1.82) is 0 Å². The molecule has 0 aliphatic carbocycles. The second-order valence-electron chi connectivity index (χ2n) is 4.76. The van der Waals surface area contributed by atoms with Crippen molar-refractivity contribution >= 4 is 11.8 Å². The van der Waals surface area contributed by atoms with Crippen LogP contribution in [0.3, 0.4) is 0 Å². The van der Waals surface area contributed by atoms with Crippen LogP contribution in [-0.4, -0.2) is 16.4 Å². The van der Waals surface area contributed by atoms with E-state index in [0.29, 0.717) is 6.04 Å². The van der Waals surface area contributed by atoms with Gasteiger partial charge in [0.25, 0.3) is 0 Å². The Labute approximate surface area is 117 Å². The maximum atomic E-state index is 4.69. The predicted molar refractivity (Wildman–Crippen MR) is 77.0 cm³/mol. The molecular weight excluding hydrogens is 258 g/mol. The smallest absolute Gasteiger partial charge is 0.118 e. The van der Waals surface area contributed by atoms with E-state index in [1.807, 2.05) is 6.92 Å². The minimum atomic E-state index is 0.511. The lowest BCUT2D eigenvalue weighted by Crippen LogP contribution is -2.21. The number of hydrogen-bond acceptors (Lipinski definition) is 5. The van der Waals surface area contributed by atoms with E-state index in [0.717, 1.165) is 23.7 Å². The standard InChI is InChI=1S/C14H19N3OS/c1-10(2)15-8-12-4-6-13(7-5-12)19-9-14-11(3)16-18-17-14/h4-7,10,15H,8-9H2,1-3H3. The molecule has 2 aromatic rings. The molecule has 19 heavy (non-hydrogen) atoms. The molecule has 0 saturated carbocycles. The number of thioether (sulfide) groups is 1. The van der Waals surface area contributed by atoms with E-state index in [9.17, 15) is 0 Å². The van der Waals surface area contributed by atoms with Crippen LogP contribution < -0.4 is 5.32 Å². The van der Waals surface area contributed by atoms with Crippen LogP contribution in [0.5, 0.6) is 0 Å². The van der Waals surface area contributed by atoms with Crippen molar-refractivity contribution in [2.75, 3.05) is 0 Å². The highest BCUT2D eigenvalue weighted by atomic mass is 32.2. The molecule has 0 unspecified atom stereocenters. The molecule has 102 valence electrons. The predicted octanol–water partition coefficient (Wildman–Crippen LogP) is 3.17. The fourth-order valence-electron chi connectivity index (χ4n) is 1.56. The quantitative estimate of drug-likeness (QED) is 0.822. The van der Waals surface area contributed by atoms with E-state index < -0.39 is 0 Å². The van der Waals surface area contributed by atoms with E-state index in [2.05, 4.69) is 58.4 Å². The maximum Gasteiger partial charge on any atom is 0.118 e. The molecule has 0 atom stereocenters. The summed E-state index contributed by atoms with van der Waals surface area (Å²) >= 11 is 1.74. The Hall–Kier alpha value is -1.33. The second-order valence-corrected chi connectivity index (χ2v) is 5.81. The van der Waals surface area contributed by atoms with Crippen LogP contribution in [0.25, 0.3) is 0 Å². The monoisotopic (exact) mass is 277 g/mol. The summed E-state index contributed by atoms with van der Waals surface area (Å²) in [5, 5.41) is 11.1. The average Bonchev–Trinajstić information content (AvgIpc) is 2.81. The summed E-state index contributed by atoms with van der Waals surface area (Å²) < 4.78 is 4.69. The summed E-state index contributed by atoms with van der Waals surface area (Å²) in [6.07, 6.45) is 0. The third-order valence-corrected chi connectivity index (χ3v) is 3.78. The molecule has 0 amide bonds. The first kappa shape index (κ1) is 14.1. The minimum absolute atomic E-state index is 0.511. The summed E-state index contributed by atoms with van der Waals surface area (Å²) in [5.41, 5.74) is 3.08. The summed E-state index contributed by atoms with van der Waals surface area (Å²) in [7, 11) is 0. The van der Waals surface area contributed by atoms with Crippen LogP contribution in [0, 0.1) is 6.92 Å². The molecular formula is C14H19N3OS. The lowest BCUT2D eigenvalue weighted by atomic mass is 10.2. The zero-order chi connectivity index (χ0) is 13.7. The van der Waals surface area contributed by atoms with Crippen LogP contribution in [0.2, 0.25) is 0 Å². The Morgan fingerprint density at radius 2 is 1.95 bits per heavy atom. The van der Waals surface area contributed by atoms with Gasteiger partial charge in [0.1, 0.15) is 11.4 Å². The third kappa shape index (κ3) is 4.36. The summed E-state index contributed by atoms with van der Waals surface area (Å²) in [5.74, 6) is 0.791. The summed E-state index contributed by atoms with van der Waals surface area (Å²) in [6.45, 7) is 7.12. The fourth-order valence-corrected chi connectivity index (χ4v) is 2.45. The first-order valence-electron chi connectivity index (χ1n) is 6.38. The van der Waals surface area contributed by atoms with Crippen LogP contribution in [-0.2, 0) is 12.3 Å². The molecule has 0 radical (unpaired) electrons. The molecule has 1 heterocycles. The van der Waals surface area contributed by atoms with Crippen molar-refractivity contribution < 1.29 is 4.63 Å². The molecule has 5 heteroatoms. The second kappa shape index (κ2) is 6.73. The van der Waals surface area contributed by atoms with Crippen LogP contribution >= 0.6 is 11.8 Å². The molecule has 1 aromatic carbocycles. The van der Waals surface area contributed by atoms with Crippen molar-refractivity contribution in [3.63, 3.8) is 0 Å². The normalized spacial score (nSPS) is 11.2. The number of aryl methyl sites for hydroxylation is 1. The average molecular weight is 277 g/mol. The highest BCUT2D eigenvalue weighted by Crippen LogP contribution is 2.23. The Bertz CT molecular complexity index is 508. The number of nitrogens with one attached hydrogen (secondary N) is 1. The van der Waals surface area contributed by atoms with E-state index in [1.165, 1.54) is 10.5 Å². The first-order chi connectivity index (χ1) is 9.15. The van der Waals surface area contributed by atoms with E-state index in [-0.39, 0.29) is 0 Å². The Kier molecular flexibility index (Phi) is 4.99. The van der Waals surface area contributed by atoms with Crippen molar-refractivity contribution in [2.45, 2.75) is 44.0 Å². The number of nitrogens with zero attached hydrogens (tertiary/aromatic N) is 2. The molecule has 4 nitrogen and oxygen atoms in total. The zero-order valence-corrected chi connectivity index (χ0v) is 12.3. The molecule has 2 rings (SSSR count). The van der Waals surface area contributed by atoms with E-state index in [1.54, 1.807) is 11.8 Å². The molecule has 0 fully saturated rings. The summed E-state index contributed by atoms with van der Waals surface area (Å²) in [6, 6.07) is 9.11. The zero-order valence-electron chi connectivity index (χ0n) is 11.5. The molecule has 0 aliphatic heterocycles. The van der Waals surface area contributed by atoms with Gasteiger partial charge in [-0.25, -0.2) is 4.63 Å². The highest BCUT2D eigenvalue weighted by molar-refractivity contribution is 7.98. The number of hydrogen-bond donors (Lipinski definition) is 1. The van der Waals surface area contributed by atoms with Gasteiger partial charge < -0.3 is 5.32 Å². The molecule has 1 aromatic heterocycles. The van der Waals surface area contributed by atoms with Crippen molar-refractivity contribution in [1.82, 2.24) is 15.6 Å². The topological polar surface area (TPSA) is 51.0 Å². The maximum absolute atomic E-state index is 4.69. The van der Waals surface area contributed by atoms with Gasteiger partial charge in [-0.1, -0.05) is 36.3 Å². The molecule has 0 aliphatic rings. The third-order valence-electron chi connectivity index (χ3n) is 2.76. The van der Waals surface area contributed by atoms with Crippen molar-refractivity contribution in [2.24, 2.45) is 0 Å². The lowest BCUT2D eigenvalue weighted by molar-refractivity contribution is 0.302. The molecule has 0 spiro atoms. The van der Waals surface area contributed by atoms with Gasteiger partial charge in [0, 0.05) is 23.2 Å². The van der Waals surface area contributed by atoms with E-state index >= 15 is 0 Å². The SMILES string of the molecule is Cc1nonc1CSc1ccc(CNC(C)C)cc1. The van der Waals surface area contributed by atoms with Gasteiger partial charge in [-0.3, -0.25) is 0 Å². The van der Waals surface area contributed by atoms with Crippen molar-refractivity contribution in [3.05, 3.63) is 41.2 Å². The lowest BCUT2D eigenvalue weighted by Gasteiger charge is -2.08. The molecule has 1 N–H and O–H groups in total. The fraction of sp³-hybridized carbons (Fsp3) is 0.429. The summed E-state index contributed by atoms with van der Waals surface area (Å²) in [4.78, 5) is 1.23. The van der Waals surface area contributed by atoms with Gasteiger partial charge in [0.05, 0.1) is 0 Å². The van der Waals surface area contributed by atoms with Gasteiger partial charge in [0.2, 0.25) is 0 Å². The van der Waals surface area contributed by atoms with Gasteiger partial charge in [-0.05, 0) is 24.6 Å². The van der Waals surface area contributed by atoms with Gasteiger partial charge in [0.15, 0.2) is 0 Å². The number of benzene rings is 1. The minimum Gasteiger partial charge on any atom is -0.310 e. The highest BCUT2D eigenvalue weighted by Gasteiger charge is 2.05. The number of aromatic nitrogens is 2. The van der Waals surface area contributed by atoms with Crippen molar-refractivity contribution in [3.8, 4) is 0 Å². The Morgan fingerprint density at radius 3 is 2.53 bits per heavy atom. The number of rotatable bonds is 6. The first-order valence-corrected chi connectivity index (χ1v) is 7.37. The Morgan fingerprint density at radius 1 is 1.21 bits per heavy atom. The van der Waals surface area contributed by atoms with Gasteiger partial charge in [-0.2, -0.15) is 0 Å². The molecule has 0 saturated heterocycles. The Balaban J connectivity index is 1.86. The van der Waals surface area contributed by atoms with Crippen LogP contribution in [0.15, 0.2) is 33.8 Å². The van der Waals surface area contributed by atoms with Crippen LogP contribution in [0.1, 0.15) is 30.8 Å². The molecule has 0 bridgehead atoms. The van der Waals surface area contributed by atoms with Gasteiger partial charge in [-0.15, -0.1) is 11.8 Å².